The normalized spacial score (nSPS) is 15.2. The van der Waals surface area contributed by atoms with Crippen LogP contribution < -0.4 is 4.74 Å². The van der Waals surface area contributed by atoms with E-state index in [0.29, 0.717) is 32.8 Å². The molecule has 1 aliphatic rings. The first-order valence-corrected chi connectivity index (χ1v) is 9.88. The number of carbonyl (C=O) groups is 1. The fourth-order valence-corrected chi connectivity index (χ4v) is 3.65. The third kappa shape index (κ3) is 4.27. The van der Waals surface area contributed by atoms with E-state index in [2.05, 4.69) is 28.1 Å². The van der Waals surface area contributed by atoms with Crippen molar-refractivity contribution in [1.29, 1.82) is 0 Å². The van der Waals surface area contributed by atoms with E-state index in [1.54, 1.807) is 0 Å². The van der Waals surface area contributed by atoms with Crippen LogP contribution in [0.25, 0.3) is 0 Å². The van der Waals surface area contributed by atoms with Gasteiger partial charge in [-0.15, -0.1) is 0 Å². The summed E-state index contributed by atoms with van der Waals surface area (Å²) in [6.45, 7) is 3.84. The van der Waals surface area contributed by atoms with Crippen LogP contribution in [0, 0.1) is 0 Å². The van der Waals surface area contributed by atoms with Gasteiger partial charge in [-0.05, 0) is 35.7 Å². The molecule has 1 aliphatic heterocycles. The summed E-state index contributed by atoms with van der Waals surface area (Å²) in [5, 5.41) is 0.807. The molecule has 2 aromatic carbocycles. The summed E-state index contributed by atoms with van der Waals surface area (Å²) in [5.74, 6) is 0.632. The molecule has 1 saturated heterocycles. The molecular weight excluding hydrogens is 396 g/mol. The maximum atomic E-state index is 11.9. The molecule has 26 heavy (non-hydrogen) atoms. The molecule has 0 aromatic heterocycles. The van der Waals surface area contributed by atoms with Gasteiger partial charge in [-0.25, -0.2) is 0 Å². The number of hydrogen-bond donors (Lipinski definition) is 0. The van der Waals surface area contributed by atoms with Crippen molar-refractivity contribution in [3.05, 3.63) is 65.2 Å². The molecule has 5 heteroatoms. The number of ether oxygens (including phenoxy) is 3. The van der Waals surface area contributed by atoms with Gasteiger partial charge in [0.1, 0.15) is 12.4 Å². The van der Waals surface area contributed by atoms with Gasteiger partial charge >= 0.3 is 5.97 Å². The minimum Gasteiger partial charge on any atom is -0.489 e. The molecule has 0 bridgehead atoms. The van der Waals surface area contributed by atoms with Crippen molar-refractivity contribution in [2.45, 2.75) is 30.7 Å². The molecule has 138 valence electrons. The van der Waals surface area contributed by atoms with Crippen LogP contribution >= 0.6 is 15.9 Å². The second kappa shape index (κ2) is 8.69. The molecule has 2 aromatic rings. The van der Waals surface area contributed by atoms with E-state index < -0.39 is 0 Å². The monoisotopic (exact) mass is 418 g/mol. The second-order valence-electron chi connectivity index (χ2n) is 6.47. The van der Waals surface area contributed by atoms with Gasteiger partial charge in [0.25, 0.3) is 0 Å². The highest BCUT2D eigenvalue weighted by Gasteiger charge is 2.42. The lowest BCUT2D eigenvalue weighted by molar-refractivity contribution is -0.151. The molecule has 0 saturated carbocycles. The molecule has 0 radical (unpaired) electrons. The first-order chi connectivity index (χ1) is 12.7. The zero-order valence-corrected chi connectivity index (χ0v) is 16.5. The van der Waals surface area contributed by atoms with Gasteiger partial charge in [0.15, 0.2) is 0 Å². The Morgan fingerprint density at radius 3 is 2.38 bits per heavy atom. The van der Waals surface area contributed by atoms with E-state index in [9.17, 15) is 4.79 Å². The smallest absolute Gasteiger partial charge is 0.306 e. The fraction of sp³-hybridized carbons (Fsp3) is 0.381. The molecule has 0 amide bonds. The molecule has 4 nitrogen and oxygen atoms in total. The van der Waals surface area contributed by atoms with Crippen LogP contribution in [-0.4, -0.2) is 25.8 Å². The SMILES string of the molecule is CCOC(=O)CC1(c2ccc(OCc3ccccc3CBr)cc2)COC1. The predicted octanol–water partition coefficient (Wildman–Crippen LogP) is 4.38. The Hall–Kier alpha value is -1.85. The van der Waals surface area contributed by atoms with Crippen LogP contribution in [0.4, 0.5) is 0 Å². The average Bonchev–Trinajstić information content (AvgIpc) is 2.64. The third-order valence-corrected chi connectivity index (χ3v) is 5.27. The Labute approximate surface area is 162 Å². The highest BCUT2D eigenvalue weighted by Crippen LogP contribution is 2.37. The van der Waals surface area contributed by atoms with E-state index in [4.69, 9.17) is 14.2 Å². The molecule has 3 rings (SSSR count). The zero-order chi connectivity index (χ0) is 18.4. The average molecular weight is 419 g/mol. The minimum absolute atomic E-state index is 0.178. The summed E-state index contributed by atoms with van der Waals surface area (Å²) in [7, 11) is 0. The molecule has 0 atom stereocenters. The minimum atomic E-state index is -0.270. The Morgan fingerprint density at radius 2 is 1.81 bits per heavy atom. The van der Waals surface area contributed by atoms with Crippen molar-refractivity contribution < 1.29 is 19.0 Å². The summed E-state index contributed by atoms with van der Waals surface area (Å²) in [4.78, 5) is 11.9. The Balaban J connectivity index is 1.65. The van der Waals surface area contributed by atoms with E-state index in [1.165, 1.54) is 11.1 Å². The predicted molar refractivity (Wildman–Crippen MR) is 104 cm³/mol. The van der Waals surface area contributed by atoms with Gasteiger partial charge < -0.3 is 14.2 Å². The number of hydrogen-bond acceptors (Lipinski definition) is 4. The molecule has 1 fully saturated rings. The van der Waals surface area contributed by atoms with Crippen LogP contribution in [0.2, 0.25) is 0 Å². The second-order valence-corrected chi connectivity index (χ2v) is 7.03. The number of carbonyl (C=O) groups excluding carboxylic acids is 1. The van der Waals surface area contributed by atoms with Crippen LogP contribution in [0.1, 0.15) is 30.0 Å². The van der Waals surface area contributed by atoms with E-state index in [1.807, 2.05) is 43.3 Å². The summed E-state index contributed by atoms with van der Waals surface area (Å²) in [6.07, 6.45) is 0.347. The largest absolute Gasteiger partial charge is 0.489 e. The molecule has 0 unspecified atom stereocenters. The molecule has 0 aliphatic carbocycles. The maximum absolute atomic E-state index is 11.9. The van der Waals surface area contributed by atoms with Gasteiger partial charge in [-0.3, -0.25) is 4.79 Å². The van der Waals surface area contributed by atoms with Crippen molar-refractivity contribution >= 4 is 21.9 Å². The number of rotatable bonds is 8. The number of benzene rings is 2. The number of halogens is 1. The van der Waals surface area contributed by atoms with Gasteiger partial charge in [0.2, 0.25) is 0 Å². The fourth-order valence-electron chi connectivity index (χ4n) is 3.10. The number of alkyl halides is 1. The molecule has 0 spiro atoms. The Morgan fingerprint density at radius 1 is 1.12 bits per heavy atom. The van der Waals surface area contributed by atoms with Crippen molar-refractivity contribution in [3.63, 3.8) is 0 Å². The molecular formula is C21H23BrO4. The zero-order valence-electron chi connectivity index (χ0n) is 14.9. The van der Waals surface area contributed by atoms with Gasteiger partial charge in [-0.1, -0.05) is 52.3 Å². The van der Waals surface area contributed by atoms with Crippen molar-refractivity contribution in [3.8, 4) is 5.75 Å². The van der Waals surface area contributed by atoms with Crippen molar-refractivity contribution in [2.75, 3.05) is 19.8 Å². The first kappa shape index (κ1) is 18.9. The number of esters is 1. The summed E-state index contributed by atoms with van der Waals surface area (Å²) in [6, 6.07) is 16.2. The molecule has 1 heterocycles. The summed E-state index contributed by atoms with van der Waals surface area (Å²) >= 11 is 3.51. The Bertz CT molecular complexity index is 738. The van der Waals surface area contributed by atoms with Crippen LogP contribution in [0.3, 0.4) is 0 Å². The van der Waals surface area contributed by atoms with Gasteiger partial charge in [0.05, 0.1) is 31.7 Å². The lowest BCUT2D eigenvalue weighted by Crippen LogP contribution is -2.48. The lowest BCUT2D eigenvalue weighted by Gasteiger charge is -2.41. The van der Waals surface area contributed by atoms with Crippen LogP contribution in [0.5, 0.6) is 5.75 Å². The lowest BCUT2D eigenvalue weighted by atomic mass is 9.76. The third-order valence-electron chi connectivity index (χ3n) is 4.67. The van der Waals surface area contributed by atoms with E-state index in [0.717, 1.165) is 16.6 Å². The maximum Gasteiger partial charge on any atom is 0.306 e. The molecule has 0 N–H and O–H groups in total. The summed E-state index contributed by atoms with van der Waals surface area (Å²) in [5.41, 5.74) is 3.21. The standard InChI is InChI=1S/C21H23BrO4/c1-2-25-20(23)11-21(14-24-15-21)18-7-9-19(10-8-18)26-13-17-6-4-3-5-16(17)12-22/h3-10H,2,11-15H2,1H3. The quantitative estimate of drug-likeness (QED) is 0.471. The van der Waals surface area contributed by atoms with Crippen LogP contribution in [-0.2, 0) is 31.6 Å². The first-order valence-electron chi connectivity index (χ1n) is 8.76. The Kier molecular flexibility index (Phi) is 6.33. The highest BCUT2D eigenvalue weighted by atomic mass is 79.9. The van der Waals surface area contributed by atoms with E-state index in [-0.39, 0.29) is 11.4 Å². The highest BCUT2D eigenvalue weighted by molar-refractivity contribution is 9.08. The van der Waals surface area contributed by atoms with Gasteiger partial charge in [-0.2, -0.15) is 0 Å². The van der Waals surface area contributed by atoms with Crippen molar-refractivity contribution in [2.24, 2.45) is 0 Å². The van der Waals surface area contributed by atoms with Gasteiger partial charge in [0, 0.05) is 5.33 Å². The van der Waals surface area contributed by atoms with Crippen molar-refractivity contribution in [1.82, 2.24) is 0 Å². The van der Waals surface area contributed by atoms with Crippen LogP contribution in [0.15, 0.2) is 48.5 Å². The topological polar surface area (TPSA) is 44.8 Å². The summed E-state index contributed by atoms with van der Waals surface area (Å²) < 4.78 is 16.4. The van der Waals surface area contributed by atoms with E-state index >= 15 is 0 Å².